The predicted molar refractivity (Wildman–Crippen MR) is 139 cm³/mol. The van der Waals surface area contributed by atoms with Crippen LogP contribution in [0.25, 0.3) is 32.9 Å². The van der Waals surface area contributed by atoms with Crippen LogP contribution >= 0.6 is 27.5 Å². The van der Waals surface area contributed by atoms with Gasteiger partial charge in [-0.3, -0.25) is 4.79 Å². The largest absolute Gasteiger partial charge is 0.491 e. The minimum atomic E-state index is -0.473. The lowest BCUT2D eigenvalue weighted by atomic mass is 9.98. The first-order chi connectivity index (χ1) is 16.0. The van der Waals surface area contributed by atoms with Crippen molar-refractivity contribution in [3.8, 4) is 16.9 Å². The number of ether oxygens (including phenoxy) is 1. The Labute approximate surface area is 205 Å². The molecule has 1 aromatic heterocycles. The summed E-state index contributed by atoms with van der Waals surface area (Å²) >= 11 is 9.80. The maximum absolute atomic E-state index is 12.4. The van der Waals surface area contributed by atoms with Crippen LogP contribution < -0.4 is 20.7 Å². The number of carbonyl (C=O) groups excluding carboxylic acids is 1. The summed E-state index contributed by atoms with van der Waals surface area (Å²) in [5.74, 6) is 0.155. The molecule has 6 nitrogen and oxygen atoms in total. The monoisotopic (exact) mass is 526 g/mol. The number of benzene rings is 3. The second-order valence-corrected chi connectivity index (χ2v) is 9.29. The number of amides is 1. The number of carbonyl (C=O) groups is 1. The van der Waals surface area contributed by atoms with Crippen LogP contribution in [0, 0.1) is 0 Å². The summed E-state index contributed by atoms with van der Waals surface area (Å²) in [5.41, 5.74) is 10.9. The zero-order valence-electron chi connectivity index (χ0n) is 18.0. The van der Waals surface area contributed by atoms with Crippen molar-refractivity contribution in [1.29, 1.82) is 0 Å². The van der Waals surface area contributed by atoms with Crippen LogP contribution in [0.4, 0.5) is 5.69 Å². The van der Waals surface area contributed by atoms with Gasteiger partial charge in [-0.05, 0) is 47.5 Å². The number of hydrogen-bond donors (Lipinski definition) is 3. The SMILES string of the molecule is NC(=O)c1cc(-c2ccc(OCCBr)c(Cl)c2)cc2c1[nH]c1cc(N3CCNCC3)ccc12. The average Bonchev–Trinajstić information content (AvgIpc) is 3.21. The molecule has 1 fully saturated rings. The summed E-state index contributed by atoms with van der Waals surface area (Å²) in [6, 6.07) is 16.0. The number of alkyl halides is 1. The number of H-pyrrole nitrogens is 1. The third kappa shape index (κ3) is 4.28. The van der Waals surface area contributed by atoms with Crippen molar-refractivity contribution in [2.24, 2.45) is 5.73 Å². The number of primary amides is 1. The molecule has 0 unspecified atom stereocenters. The van der Waals surface area contributed by atoms with E-state index in [1.807, 2.05) is 24.3 Å². The van der Waals surface area contributed by atoms with Crippen molar-refractivity contribution in [1.82, 2.24) is 10.3 Å². The van der Waals surface area contributed by atoms with E-state index in [4.69, 9.17) is 22.1 Å². The molecule has 0 saturated carbocycles. The van der Waals surface area contributed by atoms with Crippen LogP contribution in [0.2, 0.25) is 5.02 Å². The molecule has 2 heterocycles. The third-order valence-corrected chi connectivity index (χ3v) is 6.66. The lowest BCUT2D eigenvalue weighted by molar-refractivity contribution is 0.100. The summed E-state index contributed by atoms with van der Waals surface area (Å²) in [5, 5.41) is 6.64. The van der Waals surface area contributed by atoms with Gasteiger partial charge in [0.15, 0.2) is 0 Å². The number of rotatable bonds is 6. The number of fused-ring (bicyclic) bond motifs is 3. The molecule has 1 saturated heterocycles. The summed E-state index contributed by atoms with van der Waals surface area (Å²) < 4.78 is 5.65. The number of nitrogens with two attached hydrogens (primary N) is 1. The molecular formula is C25H24BrClN4O2. The van der Waals surface area contributed by atoms with E-state index in [0.29, 0.717) is 22.9 Å². The molecule has 1 aliphatic heterocycles. The molecule has 4 aromatic rings. The highest BCUT2D eigenvalue weighted by Crippen LogP contribution is 2.36. The highest BCUT2D eigenvalue weighted by molar-refractivity contribution is 9.09. The summed E-state index contributed by atoms with van der Waals surface area (Å²) in [6.45, 7) is 4.42. The van der Waals surface area contributed by atoms with E-state index in [1.54, 1.807) is 0 Å². The van der Waals surface area contributed by atoms with Crippen molar-refractivity contribution >= 4 is 60.9 Å². The number of hydrogen-bond acceptors (Lipinski definition) is 4. The number of anilines is 1. The number of piperazine rings is 1. The Hall–Kier alpha value is -2.74. The van der Waals surface area contributed by atoms with Crippen LogP contribution in [0.15, 0.2) is 48.5 Å². The van der Waals surface area contributed by atoms with Crippen molar-refractivity contribution in [3.63, 3.8) is 0 Å². The Balaban J connectivity index is 1.61. The van der Waals surface area contributed by atoms with Crippen LogP contribution in [0.1, 0.15) is 10.4 Å². The van der Waals surface area contributed by atoms with Crippen molar-refractivity contribution in [2.75, 3.05) is 43.0 Å². The smallest absolute Gasteiger partial charge is 0.250 e. The van der Waals surface area contributed by atoms with Crippen molar-refractivity contribution < 1.29 is 9.53 Å². The number of aromatic amines is 1. The zero-order valence-corrected chi connectivity index (χ0v) is 20.3. The second-order valence-electron chi connectivity index (χ2n) is 8.09. The van der Waals surface area contributed by atoms with Crippen LogP contribution in [0.3, 0.4) is 0 Å². The first-order valence-electron chi connectivity index (χ1n) is 10.9. The van der Waals surface area contributed by atoms with Gasteiger partial charge in [-0.2, -0.15) is 0 Å². The van der Waals surface area contributed by atoms with Gasteiger partial charge in [-0.25, -0.2) is 0 Å². The Morgan fingerprint density at radius 1 is 1.06 bits per heavy atom. The van der Waals surface area contributed by atoms with Gasteiger partial charge in [0.25, 0.3) is 5.91 Å². The second kappa shape index (κ2) is 9.25. The molecule has 0 atom stereocenters. The van der Waals surface area contributed by atoms with E-state index in [-0.39, 0.29) is 0 Å². The van der Waals surface area contributed by atoms with E-state index in [1.165, 1.54) is 5.69 Å². The number of aromatic nitrogens is 1. The fourth-order valence-electron chi connectivity index (χ4n) is 4.42. The molecule has 33 heavy (non-hydrogen) atoms. The fourth-order valence-corrected chi connectivity index (χ4v) is 4.82. The molecular weight excluding hydrogens is 504 g/mol. The summed E-state index contributed by atoms with van der Waals surface area (Å²) in [6.07, 6.45) is 0. The van der Waals surface area contributed by atoms with Gasteiger partial charge in [0.2, 0.25) is 0 Å². The minimum Gasteiger partial charge on any atom is -0.491 e. The molecule has 4 N–H and O–H groups in total. The Morgan fingerprint density at radius 2 is 1.88 bits per heavy atom. The number of halogens is 2. The number of nitrogens with one attached hydrogen (secondary N) is 2. The lowest BCUT2D eigenvalue weighted by Crippen LogP contribution is -2.43. The normalized spacial score (nSPS) is 14.2. The van der Waals surface area contributed by atoms with Gasteiger partial charge in [-0.1, -0.05) is 39.7 Å². The van der Waals surface area contributed by atoms with Gasteiger partial charge >= 0.3 is 0 Å². The standard InChI is InChI=1S/C25H24BrClN4O2/c26-5-10-33-23-4-1-15(13-21(23)27)16-11-19-18-3-2-17(31-8-6-29-7-9-31)14-22(18)30-24(19)20(12-16)25(28)32/h1-4,11-14,29-30H,5-10H2,(H2,28,32). The van der Waals surface area contributed by atoms with Crippen LogP contribution in [-0.2, 0) is 0 Å². The Morgan fingerprint density at radius 3 is 2.61 bits per heavy atom. The van der Waals surface area contributed by atoms with Crippen LogP contribution in [-0.4, -0.2) is 49.0 Å². The van der Waals surface area contributed by atoms with Gasteiger partial charge in [0.05, 0.1) is 22.7 Å². The van der Waals surface area contributed by atoms with E-state index < -0.39 is 5.91 Å². The first-order valence-corrected chi connectivity index (χ1v) is 12.4. The van der Waals surface area contributed by atoms with E-state index in [9.17, 15) is 4.79 Å². The van der Waals surface area contributed by atoms with Gasteiger partial charge in [0.1, 0.15) is 5.75 Å². The Bertz CT molecular complexity index is 1350. The molecule has 0 spiro atoms. The fraction of sp³-hybridized carbons (Fsp3) is 0.240. The van der Waals surface area contributed by atoms with Crippen LogP contribution in [0.5, 0.6) is 5.75 Å². The molecule has 0 bridgehead atoms. The number of nitrogens with zero attached hydrogens (tertiary/aromatic N) is 1. The van der Waals surface area contributed by atoms with Gasteiger partial charge < -0.3 is 25.7 Å². The first kappa shape index (κ1) is 22.1. The van der Waals surface area contributed by atoms with Gasteiger partial charge in [0, 0.05) is 53.5 Å². The highest BCUT2D eigenvalue weighted by Gasteiger charge is 2.17. The predicted octanol–water partition coefficient (Wildman–Crippen LogP) is 4.92. The van der Waals surface area contributed by atoms with E-state index in [2.05, 4.69) is 55.4 Å². The van der Waals surface area contributed by atoms with E-state index >= 15 is 0 Å². The van der Waals surface area contributed by atoms with Gasteiger partial charge in [-0.15, -0.1) is 0 Å². The molecule has 3 aromatic carbocycles. The third-order valence-electron chi connectivity index (χ3n) is 6.04. The molecule has 1 amide bonds. The van der Waals surface area contributed by atoms with Crippen molar-refractivity contribution in [3.05, 3.63) is 59.1 Å². The quantitative estimate of drug-likeness (QED) is 0.311. The molecule has 0 aliphatic carbocycles. The molecule has 5 rings (SSSR count). The summed E-state index contributed by atoms with van der Waals surface area (Å²) in [4.78, 5) is 18.2. The minimum absolute atomic E-state index is 0.457. The Kier molecular flexibility index (Phi) is 6.19. The van der Waals surface area contributed by atoms with Crippen molar-refractivity contribution in [2.45, 2.75) is 0 Å². The molecule has 0 radical (unpaired) electrons. The molecule has 1 aliphatic rings. The average molecular weight is 528 g/mol. The topological polar surface area (TPSA) is 83.4 Å². The lowest BCUT2D eigenvalue weighted by Gasteiger charge is -2.29. The molecule has 8 heteroatoms. The maximum Gasteiger partial charge on any atom is 0.250 e. The maximum atomic E-state index is 12.4. The van der Waals surface area contributed by atoms with E-state index in [0.717, 1.165) is 64.4 Å². The highest BCUT2D eigenvalue weighted by atomic mass is 79.9. The zero-order chi connectivity index (χ0) is 22.9. The summed E-state index contributed by atoms with van der Waals surface area (Å²) in [7, 11) is 0. The molecule has 170 valence electrons.